The monoisotopic (exact) mass is 243 g/mol. The standard InChI is InChI=1S/C10H13N3O2.ClH/c1-11-10(12-2)7-8-3-5-9(6-4-8)13(14)15;/h3-6H,7H2,1-2H3,(H,11,12);1H. The molecule has 0 fully saturated rings. The first kappa shape index (κ1) is 14.4. The van der Waals surface area contributed by atoms with E-state index < -0.39 is 4.92 Å². The number of hydrogen-bond donors (Lipinski definition) is 1. The van der Waals surface area contributed by atoms with Gasteiger partial charge in [-0.1, -0.05) is 12.1 Å². The number of benzene rings is 1. The number of rotatable bonds is 3. The Bertz CT molecular complexity index is 376. The molecule has 0 saturated carbocycles. The van der Waals surface area contributed by atoms with Gasteiger partial charge in [-0.25, -0.2) is 0 Å². The van der Waals surface area contributed by atoms with Crippen LogP contribution in [-0.2, 0) is 6.42 Å². The minimum absolute atomic E-state index is 0. The van der Waals surface area contributed by atoms with Crippen LogP contribution in [0.5, 0.6) is 0 Å². The largest absolute Gasteiger partial charge is 0.377 e. The van der Waals surface area contributed by atoms with E-state index in [0.717, 1.165) is 11.4 Å². The highest BCUT2D eigenvalue weighted by Crippen LogP contribution is 2.12. The van der Waals surface area contributed by atoms with Crippen LogP contribution in [-0.4, -0.2) is 24.9 Å². The van der Waals surface area contributed by atoms with Crippen molar-refractivity contribution < 1.29 is 4.92 Å². The Hall–Kier alpha value is -1.62. The minimum atomic E-state index is -0.406. The lowest BCUT2D eigenvalue weighted by atomic mass is 10.1. The van der Waals surface area contributed by atoms with Crippen LogP contribution in [0.3, 0.4) is 0 Å². The van der Waals surface area contributed by atoms with E-state index in [4.69, 9.17) is 0 Å². The van der Waals surface area contributed by atoms with E-state index in [1.54, 1.807) is 26.2 Å². The lowest BCUT2D eigenvalue weighted by Crippen LogP contribution is -2.20. The summed E-state index contributed by atoms with van der Waals surface area (Å²) in [5, 5.41) is 13.4. The molecule has 0 aliphatic carbocycles. The van der Waals surface area contributed by atoms with Gasteiger partial charge in [0.15, 0.2) is 0 Å². The minimum Gasteiger partial charge on any atom is -0.377 e. The molecule has 16 heavy (non-hydrogen) atoms. The molecule has 0 bridgehead atoms. The van der Waals surface area contributed by atoms with Crippen molar-refractivity contribution >= 4 is 23.9 Å². The van der Waals surface area contributed by atoms with Gasteiger partial charge in [-0.15, -0.1) is 12.4 Å². The zero-order valence-corrected chi connectivity index (χ0v) is 9.95. The van der Waals surface area contributed by atoms with E-state index in [9.17, 15) is 10.1 Å². The maximum absolute atomic E-state index is 10.4. The average Bonchev–Trinajstić information content (AvgIpc) is 2.26. The van der Waals surface area contributed by atoms with E-state index in [-0.39, 0.29) is 18.1 Å². The molecule has 1 aromatic carbocycles. The smallest absolute Gasteiger partial charge is 0.269 e. The highest BCUT2D eigenvalue weighted by atomic mass is 35.5. The van der Waals surface area contributed by atoms with E-state index in [0.29, 0.717) is 6.42 Å². The summed E-state index contributed by atoms with van der Waals surface area (Å²) in [6.07, 6.45) is 0.658. The lowest BCUT2D eigenvalue weighted by Gasteiger charge is -2.04. The molecule has 0 heterocycles. The van der Waals surface area contributed by atoms with Crippen molar-refractivity contribution in [2.75, 3.05) is 14.1 Å². The number of nitrogens with zero attached hydrogens (tertiary/aromatic N) is 2. The zero-order valence-electron chi connectivity index (χ0n) is 9.14. The predicted molar refractivity (Wildman–Crippen MR) is 66.5 cm³/mol. The molecular weight excluding hydrogens is 230 g/mol. The van der Waals surface area contributed by atoms with Crippen molar-refractivity contribution in [3.05, 3.63) is 39.9 Å². The molecule has 0 saturated heterocycles. The summed E-state index contributed by atoms with van der Waals surface area (Å²) in [5.41, 5.74) is 1.11. The van der Waals surface area contributed by atoms with Crippen LogP contribution in [0, 0.1) is 10.1 Å². The topological polar surface area (TPSA) is 67.5 Å². The molecule has 5 nitrogen and oxygen atoms in total. The van der Waals surface area contributed by atoms with Crippen LogP contribution in [0.1, 0.15) is 5.56 Å². The summed E-state index contributed by atoms with van der Waals surface area (Å²) in [6.45, 7) is 0. The Balaban J connectivity index is 0.00000225. The molecule has 88 valence electrons. The van der Waals surface area contributed by atoms with Crippen LogP contribution in [0.25, 0.3) is 0 Å². The van der Waals surface area contributed by atoms with Crippen molar-refractivity contribution in [1.29, 1.82) is 0 Å². The van der Waals surface area contributed by atoms with Crippen LogP contribution in [0.2, 0.25) is 0 Å². The molecule has 1 aromatic rings. The fourth-order valence-electron chi connectivity index (χ4n) is 1.21. The van der Waals surface area contributed by atoms with Gasteiger partial charge in [-0.2, -0.15) is 0 Å². The Labute approximate surface area is 100 Å². The van der Waals surface area contributed by atoms with Crippen LogP contribution < -0.4 is 5.32 Å². The van der Waals surface area contributed by atoms with E-state index in [1.165, 1.54) is 12.1 Å². The first-order valence-electron chi connectivity index (χ1n) is 4.54. The van der Waals surface area contributed by atoms with Gasteiger partial charge in [-0.3, -0.25) is 15.1 Å². The summed E-state index contributed by atoms with van der Waals surface area (Å²) in [6, 6.07) is 6.47. The maximum atomic E-state index is 10.4. The molecule has 0 atom stereocenters. The van der Waals surface area contributed by atoms with Gasteiger partial charge >= 0.3 is 0 Å². The number of nitro groups is 1. The SMILES string of the molecule is CN=C(Cc1ccc([N+](=O)[O-])cc1)NC.Cl. The van der Waals surface area contributed by atoms with Crippen molar-refractivity contribution in [2.24, 2.45) is 4.99 Å². The third-order valence-electron chi connectivity index (χ3n) is 2.08. The third-order valence-corrected chi connectivity index (χ3v) is 2.08. The predicted octanol–water partition coefficient (Wildman–Crippen LogP) is 1.81. The Kier molecular flexibility index (Phi) is 6.10. The molecule has 6 heteroatoms. The van der Waals surface area contributed by atoms with Gasteiger partial charge in [0.2, 0.25) is 0 Å². The van der Waals surface area contributed by atoms with Crippen LogP contribution >= 0.6 is 12.4 Å². The second kappa shape index (κ2) is 6.79. The molecule has 0 spiro atoms. The maximum Gasteiger partial charge on any atom is 0.269 e. The second-order valence-corrected chi connectivity index (χ2v) is 3.02. The molecule has 0 aliphatic heterocycles. The molecule has 0 radical (unpaired) electrons. The van der Waals surface area contributed by atoms with Gasteiger partial charge in [0, 0.05) is 32.6 Å². The molecule has 0 aliphatic rings. The van der Waals surface area contributed by atoms with E-state index >= 15 is 0 Å². The van der Waals surface area contributed by atoms with Crippen molar-refractivity contribution in [3.63, 3.8) is 0 Å². The summed E-state index contributed by atoms with van der Waals surface area (Å²) in [5.74, 6) is 0.851. The number of halogens is 1. The number of aliphatic imine (C=N–C) groups is 1. The molecule has 0 unspecified atom stereocenters. The molecule has 0 amide bonds. The molecule has 1 rings (SSSR count). The second-order valence-electron chi connectivity index (χ2n) is 3.02. The summed E-state index contributed by atoms with van der Waals surface area (Å²) >= 11 is 0. The third kappa shape index (κ3) is 3.86. The highest BCUT2D eigenvalue weighted by Gasteiger charge is 2.04. The Morgan fingerprint density at radius 1 is 1.44 bits per heavy atom. The van der Waals surface area contributed by atoms with Crippen LogP contribution in [0.4, 0.5) is 5.69 Å². The van der Waals surface area contributed by atoms with Crippen molar-refractivity contribution in [1.82, 2.24) is 5.32 Å². The number of non-ortho nitro benzene ring substituents is 1. The quantitative estimate of drug-likeness (QED) is 0.381. The number of nitrogens with one attached hydrogen (secondary N) is 1. The fourth-order valence-corrected chi connectivity index (χ4v) is 1.21. The van der Waals surface area contributed by atoms with Gasteiger partial charge in [0.05, 0.1) is 4.92 Å². The summed E-state index contributed by atoms with van der Waals surface area (Å²) < 4.78 is 0. The Morgan fingerprint density at radius 3 is 2.38 bits per heavy atom. The average molecular weight is 244 g/mol. The van der Waals surface area contributed by atoms with Crippen molar-refractivity contribution in [2.45, 2.75) is 6.42 Å². The van der Waals surface area contributed by atoms with Crippen LogP contribution in [0.15, 0.2) is 29.3 Å². The molecule has 0 aromatic heterocycles. The summed E-state index contributed by atoms with van der Waals surface area (Å²) in [4.78, 5) is 14.0. The van der Waals surface area contributed by atoms with Gasteiger partial charge < -0.3 is 5.32 Å². The fraction of sp³-hybridized carbons (Fsp3) is 0.300. The first-order valence-corrected chi connectivity index (χ1v) is 4.54. The van der Waals surface area contributed by atoms with E-state index in [1.807, 2.05) is 0 Å². The number of amidine groups is 1. The van der Waals surface area contributed by atoms with Gasteiger partial charge in [0.1, 0.15) is 5.84 Å². The lowest BCUT2D eigenvalue weighted by molar-refractivity contribution is -0.384. The summed E-state index contributed by atoms with van der Waals surface area (Å²) in [7, 11) is 3.50. The highest BCUT2D eigenvalue weighted by molar-refractivity contribution is 5.85. The van der Waals surface area contributed by atoms with Crippen molar-refractivity contribution in [3.8, 4) is 0 Å². The van der Waals surface area contributed by atoms with E-state index in [2.05, 4.69) is 10.3 Å². The number of hydrogen-bond acceptors (Lipinski definition) is 3. The van der Waals surface area contributed by atoms with Gasteiger partial charge in [-0.05, 0) is 5.56 Å². The first-order chi connectivity index (χ1) is 7.17. The Morgan fingerprint density at radius 2 is 2.00 bits per heavy atom. The zero-order chi connectivity index (χ0) is 11.3. The number of nitro benzene ring substituents is 1. The van der Waals surface area contributed by atoms with Gasteiger partial charge in [0.25, 0.3) is 5.69 Å². The molecule has 1 N–H and O–H groups in total. The number of likely N-dealkylation sites (N-methyl/N-ethyl adjacent to an activating group) is 1. The normalized spacial score (nSPS) is 10.5. The molecular formula is C10H14ClN3O2.